The maximum Gasteiger partial charge on any atom is 0.259 e. The average Bonchev–Trinajstić information content (AvgIpc) is 3.02. The van der Waals surface area contributed by atoms with Crippen LogP contribution in [0.2, 0.25) is 0 Å². The first-order chi connectivity index (χ1) is 11.4. The molecule has 2 atom stereocenters. The van der Waals surface area contributed by atoms with E-state index in [1.165, 1.54) is 17.8 Å². The summed E-state index contributed by atoms with van der Waals surface area (Å²) < 4.78 is 13.4. The van der Waals surface area contributed by atoms with Crippen LogP contribution >= 0.6 is 11.8 Å². The van der Waals surface area contributed by atoms with E-state index >= 15 is 0 Å². The Hall–Kier alpha value is -2.04. The van der Waals surface area contributed by atoms with Gasteiger partial charge in [0.25, 0.3) is 5.91 Å². The van der Waals surface area contributed by atoms with Crippen LogP contribution in [0.25, 0.3) is 0 Å². The van der Waals surface area contributed by atoms with Crippen molar-refractivity contribution >= 4 is 23.4 Å². The van der Waals surface area contributed by atoms with Gasteiger partial charge in [0.05, 0.1) is 10.5 Å². The van der Waals surface area contributed by atoms with E-state index in [9.17, 15) is 9.18 Å². The summed E-state index contributed by atoms with van der Waals surface area (Å²) in [6.45, 7) is 3.40. The smallest absolute Gasteiger partial charge is 0.259 e. The second-order valence-corrected chi connectivity index (χ2v) is 6.93. The lowest BCUT2D eigenvalue weighted by Gasteiger charge is -2.26. The predicted molar refractivity (Wildman–Crippen MR) is 91.4 cm³/mol. The molecule has 0 bridgehead atoms. The van der Waals surface area contributed by atoms with Gasteiger partial charge in [-0.25, -0.2) is 9.87 Å². The fraction of sp³-hybridized carbons (Fsp3) is 0.412. The maximum absolute atomic E-state index is 14.2. The van der Waals surface area contributed by atoms with E-state index in [1.807, 2.05) is 0 Å². The molecule has 1 aliphatic rings. The molecule has 24 heavy (non-hydrogen) atoms. The first kappa shape index (κ1) is 18.3. The van der Waals surface area contributed by atoms with E-state index in [-0.39, 0.29) is 6.10 Å². The summed E-state index contributed by atoms with van der Waals surface area (Å²) in [4.78, 5) is 17.2. The van der Waals surface area contributed by atoms with Crippen molar-refractivity contribution in [1.29, 1.82) is 0 Å². The predicted octanol–water partition coefficient (Wildman–Crippen LogP) is 2.71. The molecular formula is C17H19FN2O3S. The Labute approximate surface area is 144 Å². The summed E-state index contributed by atoms with van der Waals surface area (Å²) in [6, 6.07) is 4.73. The summed E-state index contributed by atoms with van der Waals surface area (Å²) in [5.41, 5.74) is 3.15. The molecule has 2 rings (SSSR count). The summed E-state index contributed by atoms with van der Waals surface area (Å²) in [5.74, 6) is 4.62. The third-order valence-electron chi connectivity index (χ3n) is 3.93. The van der Waals surface area contributed by atoms with E-state index in [1.54, 1.807) is 37.7 Å². The normalized spacial score (nSPS) is 18.7. The van der Waals surface area contributed by atoms with Crippen LogP contribution in [-0.4, -0.2) is 33.9 Å². The van der Waals surface area contributed by atoms with Crippen molar-refractivity contribution in [1.82, 2.24) is 5.48 Å². The van der Waals surface area contributed by atoms with Gasteiger partial charge in [-0.2, -0.15) is 0 Å². The number of hydrogen-bond donors (Lipinski definition) is 2. The molecule has 0 aromatic heterocycles. The number of nitrogens with one attached hydrogen (secondary N) is 1. The fourth-order valence-corrected chi connectivity index (χ4v) is 3.07. The number of halogens is 1. The van der Waals surface area contributed by atoms with Gasteiger partial charge in [0.2, 0.25) is 0 Å². The zero-order valence-electron chi connectivity index (χ0n) is 13.7. The molecule has 1 unspecified atom stereocenters. The number of hydroxylamine groups is 1. The number of carbonyl (C=O) groups is 1. The number of nitrogens with zero attached hydrogens (tertiary/aromatic N) is 1. The third-order valence-corrected chi connectivity index (χ3v) is 5.19. The molecule has 0 radical (unpaired) electrons. The van der Waals surface area contributed by atoms with E-state index in [2.05, 4.69) is 17.0 Å². The van der Waals surface area contributed by atoms with Crippen molar-refractivity contribution < 1.29 is 19.2 Å². The molecule has 5 nitrogen and oxygen atoms in total. The Kier molecular flexibility index (Phi) is 5.86. The molecule has 1 aromatic rings. The number of benzene rings is 1. The van der Waals surface area contributed by atoms with Crippen LogP contribution in [0.1, 0.15) is 37.8 Å². The number of carbonyl (C=O) groups excluding carboxylic acids is 1. The van der Waals surface area contributed by atoms with Crippen LogP contribution in [0.3, 0.4) is 0 Å². The summed E-state index contributed by atoms with van der Waals surface area (Å²) in [7, 11) is 0. The van der Waals surface area contributed by atoms with Crippen molar-refractivity contribution in [3.8, 4) is 11.8 Å². The van der Waals surface area contributed by atoms with Gasteiger partial charge in [0.1, 0.15) is 11.9 Å². The minimum absolute atomic E-state index is 0.342. The highest BCUT2D eigenvalue weighted by molar-refractivity contribution is 8.00. The minimum atomic E-state index is -0.858. The largest absolute Gasteiger partial charge is 0.392 e. The topological polar surface area (TPSA) is 70.9 Å². The molecule has 0 fully saturated rings. The molecule has 2 N–H and O–H groups in total. The number of amides is 1. The first-order valence-electron chi connectivity index (χ1n) is 7.38. The lowest BCUT2D eigenvalue weighted by Crippen LogP contribution is -2.42. The summed E-state index contributed by atoms with van der Waals surface area (Å²) >= 11 is 1.31. The SMILES string of the molecule is CC#Cc1ccc(C2=NOC(C[C@@](C)(SC)C(=O)NO)C2)c(F)c1. The van der Waals surface area contributed by atoms with Gasteiger partial charge >= 0.3 is 0 Å². The maximum atomic E-state index is 14.2. The lowest BCUT2D eigenvalue weighted by molar-refractivity contribution is -0.132. The van der Waals surface area contributed by atoms with Crippen LogP contribution < -0.4 is 5.48 Å². The monoisotopic (exact) mass is 350 g/mol. The van der Waals surface area contributed by atoms with Crippen molar-refractivity contribution in [3.63, 3.8) is 0 Å². The Morgan fingerprint density at radius 2 is 2.38 bits per heavy atom. The number of oxime groups is 1. The number of hydrogen-bond acceptors (Lipinski definition) is 5. The number of rotatable bonds is 5. The van der Waals surface area contributed by atoms with E-state index in [0.717, 1.165) is 0 Å². The van der Waals surface area contributed by atoms with Crippen molar-refractivity contribution in [2.75, 3.05) is 6.26 Å². The van der Waals surface area contributed by atoms with Gasteiger partial charge < -0.3 is 4.84 Å². The van der Waals surface area contributed by atoms with Crippen LogP contribution in [0.5, 0.6) is 0 Å². The zero-order chi connectivity index (χ0) is 17.7. The number of thioether (sulfide) groups is 1. The fourth-order valence-electron chi connectivity index (χ4n) is 2.49. The van der Waals surface area contributed by atoms with E-state index in [4.69, 9.17) is 10.0 Å². The molecule has 1 heterocycles. The highest BCUT2D eigenvalue weighted by Crippen LogP contribution is 2.32. The molecular weight excluding hydrogens is 331 g/mol. The van der Waals surface area contributed by atoms with Gasteiger partial charge in [-0.1, -0.05) is 11.1 Å². The quantitative estimate of drug-likeness (QED) is 0.487. The van der Waals surface area contributed by atoms with E-state index in [0.29, 0.717) is 29.7 Å². The Morgan fingerprint density at radius 1 is 1.62 bits per heavy atom. The van der Waals surface area contributed by atoms with Gasteiger partial charge in [-0.15, -0.1) is 17.7 Å². The molecule has 128 valence electrons. The van der Waals surface area contributed by atoms with Crippen LogP contribution in [0.15, 0.2) is 23.4 Å². The van der Waals surface area contributed by atoms with Gasteiger partial charge in [-0.05, 0) is 38.3 Å². The van der Waals surface area contributed by atoms with Crippen LogP contribution in [0, 0.1) is 17.7 Å². The molecule has 1 aliphatic heterocycles. The average molecular weight is 350 g/mol. The second-order valence-electron chi connectivity index (χ2n) is 5.62. The van der Waals surface area contributed by atoms with Gasteiger partial charge in [0, 0.05) is 24.0 Å². The molecule has 0 saturated heterocycles. The third kappa shape index (κ3) is 3.89. The highest BCUT2D eigenvalue weighted by atomic mass is 32.2. The molecule has 1 amide bonds. The van der Waals surface area contributed by atoms with Crippen molar-refractivity contribution in [2.45, 2.75) is 37.5 Å². The highest BCUT2D eigenvalue weighted by Gasteiger charge is 2.38. The molecule has 1 aromatic carbocycles. The van der Waals surface area contributed by atoms with E-state index < -0.39 is 16.5 Å². The first-order valence-corrected chi connectivity index (χ1v) is 8.61. The zero-order valence-corrected chi connectivity index (χ0v) is 14.5. The Bertz CT molecular complexity index is 726. The van der Waals surface area contributed by atoms with Crippen molar-refractivity contribution in [2.24, 2.45) is 5.16 Å². The summed E-state index contributed by atoms with van der Waals surface area (Å²) in [5, 5.41) is 12.8. The van der Waals surface area contributed by atoms with Gasteiger partial charge in [0.15, 0.2) is 0 Å². The molecule has 0 spiro atoms. The van der Waals surface area contributed by atoms with Crippen LogP contribution in [0.4, 0.5) is 4.39 Å². The molecule has 7 heteroatoms. The summed E-state index contributed by atoms with van der Waals surface area (Å²) in [6.07, 6.45) is 2.16. The molecule has 0 aliphatic carbocycles. The minimum Gasteiger partial charge on any atom is -0.392 e. The van der Waals surface area contributed by atoms with Crippen LogP contribution in [-0.2, 0) is 9.63 Å². The lowest BCUT2D eigenvalue weighted by atomic mass is 9.96. The Balaban J connectivity index is 2.10. The van der Waals surface area contributed by atoms with Gasteiger partial charge in [-0.3, -0.25) is 10.0 Å². The standard InChI is InChI=1S/C17H19FN2O3S/c1-4-5-11-6-7-13(14(18)8-11)15-9-12(23-20-15)10-17(2,24-3)16(21)19-22/h6-8,12,22H,9-10H2,1-3H3,(H,19,21)/t12?,17-/m1/s1. The Morgan fingerprint density at radius 3 is 2.96 bits per heavy atom. The second kappa shape index (κ2) is 7.69. The molecule has 0 saturated carbocycles. The van der Waals surface area contributed by atoms with Crippen molar-refractivity contribution in [3.05, 3.63) is 35.1 Å².